The van der Waals surface area contributed by atoms with Crippen LogP contribution < -0.4 is 34.0 Å². The van der Waals surface area contributed by atoms with Crippen molar-refractivity contribution in [2.24, 2.45) is 39.6 Å². The number of guanidine groups is 1. The summed E-state index contributed by atoms with van der Waals surface area (Å²) in [4.78, 5) is 4.21. The van der Waals surface area contributed by atoms with Crippen LogP contribution in [-0.4, -0.2) is 142 Å². The number of nitrogens with zero attached hydrogens (tertiary/aromatic N) is 1. The normalized spacial score (nSPS) is 55.0. The molecule has 5 aliphatic rings. The smallest absolute Gasteiger partial charge is 0.187 e. The van der Waals surface area contributed by atoms with E-state index in [0.29, 0.717) is 6.42 Å². The Hall–Kier alpha value is -1.29. The van der Waals surface area contributed by atoms with E-state index < -0.39 is 109 Å². The molecule has 0 radical (unpaired) electrons. The van der Waals surface area contributed by atoms with Crippen molar-refractivity contribution in [1.82, 2.24) is 5.32 Å². The van der Waals surface area contributed by atoms with Crippen LogP contribution >= 0.6 is 0 Å². The Morgan fingerprint density at radius 3 is 2.24 bits per heavy atom. The number of fused-ring (bicyclic) bond motifs is 2. The van der Waals surface area contributed by atoms with Gasteiger partial charge in [-0.2, -0.15) is 0 Å². The van der Waals surface area contributed by atoms with Gasteiger partial charge in [-0.15, -0.1) is 0 Å². The quantitative estimate of drug-likeness (QED) is 0.0969. The molecule has 0 spiro atoms. The molecule has 3 aliphatic heterocycles. The number of hydrogen-bond acceptors (Lipinski definition) is 15. The van der Waals surface area contributed by atoms with Gasteiger partial charge in [-0.25, -0.2) is 4.99 Å². The van der Waals surface area contributed by atoms with Crippen LogP contribution in [0.4, 0.5) is 0 Å². The van der Waals surface area contributed by atoms with Gasteiger partial charge in [-0.3, -0.25) is 0 Å². The summed E-state index contributed by atoms with van der Waals surface area (Å²) in [5, 5.41) is 56.1. The molecule has 5 fully saturated rings. The molecule has 0 amide bonds. The van der Waals surface area contributed by atoms with E-state index in [1.165, 1.54) is 0 Å². The van der Waals surface area contributed by atoms with E-state index in [1.807, 2.05) is 0 Å². The maximum absolute atomic E-state index is 11.4. The third-order valence-corrected chi connectivity index (χ3v) is 9.29. The number of aliphatic hydroxyl groups is 5. The van der Waals surface area contributed by atoms with Gasteiger partial charge in [0, 0.05) is 18.0 Å². The molecule has 3 heterocycles. The van der Waals surface area contributed by atoms with Crippen LogP contribution in [0.2, 0.25) is 0 Å². The van der Waals surface area contributed by atoms with Crippen LogP contribution in [0.25, 0.3) is 0 Å². The predicted octanol–water partition coefficient (Wildman–Crippen LogP) is -6.22. The Kier molecular flexibility index (Phi) is 8.60. The van der Waals surface area contributed by atoms with Crippen molar-refractivity contribution in [3.05, 3.63) is 0 Å². The molecule has 0 aromatic carbocycles. The molecule has 0 bridgehead atoms. The minimum absolute atomic E-state index is 0.152. The highest BCUT2D eigenvalue weighted by Gasteiger charge is 2.69. The summed E-state index contributed by atoms with van der Waals surface area (Å²) in [6.07, 6.45) is -10.4. The SMILES string of the molecule is CNC1C(O[C@H]2OC(CO)C3(N=C(N)N)CC3C2O)OC2(C)CC(N)[C@@H](O[C@@H]3C(N)C[C@@H](N)C(O)C3O)OC2C1O. The number of ether oxygens (including phenoxy) is 5. The molecular formula is C24H45N7O10. The minimum Gasteiger partial charge on any atom is -0.394 e. The Labute approximate surface area is 237 Å². The first-order valence-electron chi connectivity index (χ1n) is 13.9. The van der Waals surface area contributed by atoms with E-state index in [2.05, 4.69) is 10.3 Å². The zero-order valence-electron chi connectivity index (χ0n) is 23.1. The lowest BCUT2D eigenvalue weighted by Gasteiger charge is -2.56. The number of aliphatic hydroxyl groups excluding tert-OH is 5. The van der Waals surface area contributed by atoms with Gasteiger partial charge in [-0.05, 0) is 33.2 Å². The molecule has 236 valence electrons. The summed E-state index contributed by atoms with van der Waals surface area (Å²) in [5.74, 6) is -0.589. The summed E-state index contributed by atoms with van der Waals surface area (Å²) in [6.45, 7) is 1.30. The van der Waals surface area contributed by atoms with Crippen LogP contribution in [0, 0.1) is 5.92 Å². The number of hydrogen-bond donors (Lipinski definition) is 11. The van der Waals surface area contributed by atoms with Crippen molar-refractivity contribution in [1.29, 1.82) is 0 Å². The number of rotatable bonds is 7. The first-order chi connectivity index (χ1) is 19.3. The van der Waals surface area contributed by atoms with Gasteiger partial charge < -0.3 is 83.2 Å². The van der Waals surface area contributed by atoms with Gasteiger partial charge in [-0.1, -0.05) is 0 Å². The lowest BCUT2D eigenvalue weighted by Crippen LogP contribution is -2.73. The van der Waals surface area contributed by atoms with E-state index in [0.717, 1.165) is 0 Å². The molecule has 41 heavy (non-hydrogen) atoms. The first-order valence-corrected chi connectivity index (χ1v) is 13.9. The summed E-state index contributed by atoms with van der Waals surface area (Å²) >= 11 is 0. The monoisotopic (exact) mass is 591 g/mol. The fourth-order valence-electron chi connectivity index (χ4n) is 7.01. The highest BCUT2D eigenvalue weighted by atomic mass is 16.8. The van der Waals surface area contributed by atoms with Crippen molar-refractivity contribution in [3.63, 3.8) is 0 Å². The largest absolute Gasteiger partial charge is 0.394 e. The van der Waals surface area contributed by atoms with Crippen LogP contribution in [0.5, 0.6) is 0 Å². The van der Waals surface area contributed by atoms with Gasteiger partial charge in [0.2, 0.25) is 0 Å². The maximum Gasteiger partial charge on any atom is 0.187 e. The van der Waals surface area contributed by atoms with Gasteiger partial charge in [0.25, 0.3) is 0 Å². The molecule has 17 heteroatoms. The molecule has 17 atom stereocenters. The summed E-state index contributed by atoms with van der Waals surface area (Å²) < 4.78 is 30.4. The average molecular weight is 592 g/mol. The Morgan fingerprint density at radius 2 is 1.61 bits per heavy atom. The third kappa shape index (κ3) is 5.35. The molecule has 0 aromatic rings. The third-order valence-electron chi connectivity index (χ3n) is 9.29. The van der Waals surface area contributed by atoms with Gasteiger partial charge >= 0.3 is 0 Å². The topological polar surface area (TPSA) is 302 Å². The molecule has 16 N–H and O–H groups in total. The number of likely N-dealkylation sites (N-methyl/N-ethyl adjacent to an activating group) is 1. The van der Waals surface area contributed by atoms with Crippen molar-refractivity contribution in [3.8, 4) is 0 Å². The molecular weight excluding hydrogens is 546 g/mol. The number of nitrogens with two attached hydrogens (primary N) is 5. The Bertz CT molecular complexity index is 981. The highest BCUT2D eigenvalue weighted by Crippen LogP contribution is 2.57. The second-order valence-electron chi connectivity index (χ2n) is 12.2. The van der Waals surface area contributed by atoms with E-state index in [1.54, 1.807) is 14.0 Å². The second-order valence-corrected chi connectivity index (χ2v) is 12.2. The molecule has 0 aromatic heterocycles. The lowest BCUT2D eigenvalue weighted by atomic mass is 9.80. The second kappa shape index (κ2) is 11.3. The highest BCUT2D eigenvalue weighted by molar-refractivity contribution is 5.76. The van der Waals surface area contributed by atoms with E-state index in [4.69, 9.17) is 52.4 Å². The van der Waals surface area contributed by atoms with Crippen LogP contribution in [0.3, 0.4) is 0 Å². The van der Waals surface area contributed by atoms with E-state index in [-0.39, 0.29) is 18.8 Å². The van der Waals surface area contributed by atoms with Crippen molar-refractivity contribution in [2.45, 2.75) is 123 Å². The number of nitrogens with one attached hydrogen (secondary N) is 1. The molecule has 13 unspecified atom stereocenters. The average Bonchev–Trinajstić information content (AvgIpc) is 3.62. The number of aliphatic imine (C=N–C) groups is 1. The van der Waals surface area contributed by atoms with E-state index in [9.17, 15) is 25.5 Å². The van der Waals surface area contributed by atoms with E-state index >= 15 is 0 Å². The minimum atomic E-state index is -1.35. The standard InChI is InChI=1S/C24H45N7O10/c1-23-5-10(27)19(38-17-9(26)3-8(25)14(34)16(17)36)39-18(23)15(35)12(30-2)20(41-23)40-21-13(33)7-4-24(7,31-22(28)29)11(6-32)37-21/h7-21,30,32-36H,3-6,25-27H2,1-2H3,(H4,28,29,31)/t7?,8-,9?,10?,11?,12?,13?,14?,15?,16?,17-,18?,19+,20?,21-,23?,24?/m1/s1. The summed E-state index contributed by atoms with van der Waals surface area (Å²) in [7, 11) is 1.60. The zero-order valence-corrected chi connectivity index (χ0v) is 23.1. The summed E-state index contributed by atoms with van der Waals surface area (Å²) in [6, 6.07) is -3.00. The van der Waals surface area contributed by atoms with Gasteiger partial charge in [0.15, 0.2) is 24.8 Å². The lowest BCUT2D eigenvalue weighted by molar-refractivity contribution is -0.390. The fraction of sp³-hybridized carbons (Fsp3) is 0.958. The molecule has 5 rings (SSSR count). The first kappa shape index (κ1) is 31.1. The van der Waals surface area contributed by atoms with Gasteiger partial charge in [0.05, 0.1) is 35.9 Å². The van der Waals surface area contributed by atoms with Gasteiger partial charge in [0.1, 0.15) is 36.6 Å². The molecule has 2 saturated carbocycles. The molecule has 17 nitrogen and oxygen atoms in total. The van der Waals surface area contributed by atoms with Crippen molar-refractivity contribution < 1.29 is 49.2 Å². The van der Waals surface area contributed by atoms with Crippen molar-refractivity contribution in [2.75, 3.05) is 13.7 Å². The zero-order chi connectivity index (χ0) is 30.0. The van der Waals surface area contributed by atoms with Crippen LogP contribution in [-0.2, 0) is 23.7 Å². The fourth-order valence-corrected chi connectivity index (χ4v) is 7.01. The molecule has 3 saturated heterocycles. The van der Waals surface area contributed by atoms with Crippen molar-refractivity contribution >= 4 is 5.96 Å². The van der Waals surface area contributed by atoms with Crippen LogP contribution in [0.15, 0.2) is 4.99 Å². The molecule has 2 aliphatic carbocycles. The Balaban J connectivity index is 1.29. The summed E-state index contributed by atoms with van der Waals surface area (Å²) in [5.41, 5.74) is 27.5. The Morgan fingerprint density at radius 1 is 0.902 bits per heavy atom. The van der Waals surface area contributed by atoms with Crippen LogP contribution in [0.1, 0.15) is 26.2 Å². The predicted molar refractivity (Wildman–Crippen MR) is 140 cm³/mol. The maximum atomic E-state index is 11.4.